The van der Waals surface area contributed by atoms with Gasteiger partial charge in [0.05, 0.1) is 16.8 Å². The summed E-state index contributed by atoms with van der Waals surface area (Å²) in [6, 6.07) is 0.776. The number of aryl methyl sites for hydroxylation is 1. The highest BCUT2D eigenvalue weighted by Crippen LogP contribution is 2.25. The number of hydrogen-bond acceptors (Lipinski definition) is 4. The molecule has 1 unspecified atom stereocenters. The smallest absolute Gasteiger partial charge is 0.0957 e. The summed E-state index contributed by atoms with van der Waals surface area (Å²) in [4.78, 5) is 6.23. The summed E-state index contributed by atoms with van der Waals surface area (Å²) in [5.41, 5.74) is 1.29. The van der Waals surface area contributed by atoms with Gasteiger partial charge >= 0.3 is 0 Å². The molecule has 1 atom stereocenters. The molecule has 1 aliphatic heterocycles. The fourth-order valence-corrected chi connectivity index (χ4v) is 3.64. The van der Waals surface area contributed by atoms with Crippen molar-refractivity contribution in [1.82, 2.24) is 10.3 Å². The van der Waals surface area contributed by atoms with Crippen LogP contribution in [0.1, 0.15) is 48.2 Å². The van der Waals surface area contributed by atoms with Gasteiger partial charge in [-0.1, -0.05) is 6.92 Å². The minimum absolute atomic E-state index is 0.421. The van der Waals surface area contributed by atoms with Crippen molar-refractivity contribution in [2.75, 3.05) is 6.61 Å². The molecule has 2 aliphatic rings. The Bertz CT molecular complexity index is 394. The van der Waals surface area contributed by atoms with Gasteiger partial charge in [-0.25, -0.2) is 4.98 Å². The molecule has 3 rings (SSSR count). The highest BCUT2D eigenvalue weighted by atomic mass is 32.1. The quantitative estimate of drug-likeness (QED) is 0.859. The Morgan fingerprint density at radius 1 is 1.39 bits per heavy atom. The van der Waals surface area contributed by atoms with Crippen LogP contribution in [-0.2, 0) is 24.1 Å². The number of ether oxygens (including phenoxy) is 1. The van der Waals surface area contributed by atoms with Crippen LogP contribution < -0.4 is 5.32 Å². The molecular formula is C14H22N2OS. The molecule has 1 aromatic rings. The van der Waals surface area contributed by atoms with Crippen LogP contribution in [-0.4, -0.2) is 23.7 Å². The van der Waals surface area contributed by atoms with Crippen molar-refractivity contribution >= 4 is 11.3 Å². The van der Waals surface area contributed by atoms with Crippen LogP contribution in [0.3, 0.4) is 0 Å². The van der Waals surface area contributed by atoms with Crippen LogP contribution in [0.5, 0.6) is 0 Å². The fourth-order valence-electron chi connectivity index (χ4n) is 2.46. The molecule has 2 heterocycles. The number of nitrogens with zero attached hydrogens (tertiary/aromatic N) is 1. The summed E-state index contributed by atoms with van der Waals surface area (Å²) in [7, 11) is 0. The second-order valence-corrected chi connectivity index (χ2v) is 6.49. The topological polar surface area (TPSA) is 34.1 Å². The Hall–Kier alpha value is -0.450. The summed E-state index contributed by atoms with van der Waals surface area (Å²) in [5.74, 6) is 0. The van der Waals surface area contributed by atoms with E-state index in [1.807, 2.05) is 11.3 Å². The van der Waals surface area contributed by atoms with Crippen molar-refractivity contribution in [1.29, 1.82) is 0 Å². The van der Waals surface area contributed by atoms with Crippen molar-refractivity contribution in [3.05, 3.63) is 15.6 Å². The highest BCUT2D eigenvalue weighted by Gasteiger charge is 2.22. The predicted molar refractivity (Wildman–Crippen MR) is 74.0 cm³/mol. The SMILES string of the molecule is CCc1nc(CC2CCCO2)sc1CNC1CC1. The van der Waals surface area contributed by atoms with Gasteiger partial charge in [0.1, 0.15) is 0 Å². The summed E-state index contributed by atoms with van der Waals surface area (Å²) in [5, 5.41) is 4.86. The van der Waals surface area contributed by atoms with Gasteiger partial charge in [-0.05, 0) is 32.1 Å². The normalized spacial score (nSPS) is 23.7. The van der Waals surface area contributed by atoms with Gasteiger partial charge in [-0.15, -0.1) is 11.3 Å². The van der Waals surface area contributed by atoms with Gasteiger partial charge in [-0.3, -0.25) is 0 Å². The number of aromatic nitrogens is 1. The summed E-state index contributed by atoms with van der Waals surface area (Å²) in [6.45, 7) is 4.15. The maximum absolute atomic E-state index is 5.70. The predicted octanol–water partition coefficient (Wildman–Crippen LogP) is 2.68. The van der Waals surface area contributed by atoms with Crippen LogP contribution in [0.15, 0.2) is 0 Å². The van der Waals surface area contributed by atoms with Crippen molar-refractivity contribution in [2.45, 2.75) is 64.1 Å². The maximum Gasteiger partial charge on any atom is 0.0957 e. The number of hydrogen-bond donors (Lipinski definition) is 1. The van der Waals surface area contributed by atoms with Gasteiger partial charge in [-0.2, -0.15) is 0 Å². The van der Waals surface area contributed by atoms with E-state index in [4.69, 9.17) is 9.72 Å². The van der Waals surface area contributed by atoms with Crippen LogP contribution in [0, 0.1) is 0 Å². The van der Waals surface area contributed by atoms with Crippen molar-refractivity contribution in [2.24, 2.45) is 0 Å². The van der Waals surface area contributed by atoms with E-state index >= 15 is 0 Å². The lowest BCUT2D eigenvalue weighted by atomic mass is 10.2. The lowest BCUT2D eigenvalue weighted by molar-refractivity contribution is 0.111. The van der Waals surface area contributed by atoms with E-state index < -0.39 is 0 Å². The van der Waals surface area contributed by atoms with E-state index in [2.05, 4.69) is 12.2 Å². The molecule has 1 aromatic heterocycles. The van der Waals surface area contributed by atoms with Gasteiger partial charge in [0, 0.05) is 30.5 Å². The number of thiazole rings is 1. The van der Waals surface area contributed by atoms with Gasteiger partial charge in [0.15, 0.2) is 0 Å². The van der Waals surface area contributed by atoms with E-state index in [9.17, 15) is 0 Å². The molecule has 1 aliphatic carbocycles. The molecule has 0 bridgehead atoms. The third-order valence-corrected chi connectivity index (χ3v) is 4.83. The molecule has 18 heavy (non-hydrogen) atoms. The van der Waals surface area contributed by atoms with Crippen LogP contribution in [0.4, 0.5) is 0 Å². The van der Waals surface area contributed by atoms with E-state index in [0.29, 0.717) is 6.10 Å². The molecule has 1 saturated heterocycles. The third-order valence-electron chi connectivity index (χ3n) is 3.71. The average Bonchev–Trinajstić information content (AvgIpc) is 2.91. The van der Waals surface area contributed by atoms with E-state index in [0.717, 1.165) is 32.0 Å². The molecule has 1 saturated carbocycles. The molecule has 3 nitrogen and oxygen atoms in total. The Morgan fingerprint density at radius 3 is 2.94 bits per heavy atom. The lowest BCUT2D eigenvalue weighted by Crippen LogP contribution is -2.15. The van der Waals surface area contributed by atoms with Gasteiger partial charge in [0.2, 0.25) is 0 Å². The second-order valence-electron chi connectivity index (χ2n) is 5.33. The van der Waals surface area contributed by atoms with Gasteiger partial charge < -0.3 is 10.1 Å². The Morgan fingerprint density at radius 2 is 2.28 bits per heavy atom. The largest absolute Gasteiger partial charge is 0.378 e. The monoisotopic (exact) mass is 266 g/mol. The third kappa shape index (κ3) is 3.11. The number of nitrogens with one attached hydrogen (secondary N) is 1. The molecular weight excluding hydrogens is 244 g/mol. The lowest BCUT2D eigenvalue weighted by Gasteiger charge is -2.05. The molecule has 1 N–H and O–H groups in total. The van der Waals surface area contributed by atoms with E-state index in [1.165, 1.54) is 41.3 Å². The molecule has 0 aromatic carbocycles. The summed E-state index contributed by atoms with van der Waals surface area (Å²) >= 11 is 1.89. The molecule has 100 valence electrons. The van der Waals surface area contributed by atoms with Crippen LogP contribution in [0.25, 0.3) is 0 Å². The molecule has 4 heteroatoms. The Balaban J connectivity index is 1.62. The summed E-state index contributed by atoms with van der Waals surface area (Å²) in [6.07, 6.45) is 7.60. The zero-order valence-corrected chi connectivity index (χ0v) is 11.9. The standard InChI is InChI=1S/C14H22N2OS/c1-2-12-13(9-15-10-5-6-10)18-14(16-12)8-11-4-3-7-17-11/h10-11,15H,2-9H2,1H3. The average molecular weight is 266 g/mol. The molecule has 0 amide bonds. The molecule has 0 spiro atoms. The first kappa shape index (κ1) is 12.6. The van der Waals surface area contributed by atoms with Crippen LogP contribution in [0.2, 0.25) is 0 Å². The fraction of sp³-hybridized carbons (Fsp3) is 0.786. The maximum atomic E-state index is 5.70. The minimum Gasteiger partial charge on any atom is -0.378 e. The Kier molecular flexibility index (Phi) is 3.97. The van der Waals surface area contributed by atoms with E-state index in [1.54, 1.807) is 0 Å². The highest BCUT2D eigenvalue weighted by molar-refractivity contribution is 7.11. The van der Waals surface area contributed by atoms with Crippen molar-refractivity contribution in [3.8, 4) is 0 Å². The minimum atomic E-state index is 0.421. The van der Waals surface area contributed by atoms with Crippen molar-refractivity contribution in [3.63, 3.8) is 0 Å². The molecule has 2 fully saturated rings. The second kappa shape index (κ2) is 5.68. The van der Waals surface area contributed by atoms with E-state index in [-0.39, 0.29) is 0 Å². The van der Waals surface area contributed by atoms with Gasteiger partial charge in [0.25, 0.3) is 0 Å². The summed E-state index contributed by atoms with van der Waals surface area (Å²) < 4.78 is 5.70. The first-order chi connectivity index (χ1) is 8.85. The Labute approximate surface area is 113 Å². The zero-order chi connectivity index (χ0) is 12.4. The molecule has 0 radical (unpaired) electrons. The number of rotatable bonds is 6. The zero-order valence-electron chi connectivity index (χ0n) is 11.1. The van der Waals surface area contributed by atoms with Crippen LogP contribution >= 0.6 is 11.3 Å². The first-order valence-corrected chi connectivity index (χ1v) is 7.99. The van der Waals surface area contributed by atoms with Crippen molar-refractivity contribution < 1.29 is 4.74 Å². The first-order valence-electron chi connectivity index (χ1n) is 7.17.